The molecule has 0 aliphatic rings. The first-order chi connectivity index (χ1) is 5.35. The lowest BCUT2D eigenvalue weighted by Gasteiger charge is -2.12. The standard InChI is InChI=1S/C6H14N2O3/c9-5-1-3-8(7-11)4-2-6-10/h9-10H,1-6H2. The van der Waals surface area contributed by atoms with E-state index in [0.29, 0.717) is 25.9 Å². The summed E-state index contributed by atoms with van der Waals surface area (Å²) >= 11 is 0. The highest BCUT2D eigenvalue weighted by Crippen LogP contribution is 1.93. The van der Waals surface area contributed by atoms with Crippen molar-refractivity contribution < 1.29 is 10.2 Å². The predicted molar refractivity (Wildman–Crippen MR) is 40.8 cm³/mol. The third kappa shape index (κ3) is 5.75. The summed E-state index contributed by atoms with van der Waals surface area (Å²) < 4.78 is 0. The minimum Gasteiger partial charge on any atom is -0.396 e. The SMILES string of the molecule is O=NN(CCCO)CCCO. The molecule has 0 aliphatic carbocycles. The molecule has 66 valence electrons. The molecule has 0 fully saturated rings. The van der Waals surface area contributed by atoms with Crippen LogP contribution < -0.4 is 0 Å². The van der Waals surface area contributed by atoms with Crippen LogP contribution in [-0.4, -0.2) is 41.5 Å². The Balaban J connectivity index is 3.33. The topological polar surface area (TPSA) is 73.1 Å². The van der Waals surface area contributed by atoms with Crippen molar-refractivity contribution in [2.45, 2.75) is 12.8 Å². The number of aliphatic hydroxyl groups is 2. The number of rotatable bonds is 7. The van der Waals surface area contributed by atoms with Crippen LogP contribution in [0.2, 0.25) is 0 Å². The van der Waals surface area contributed by atoms with E-state index in [1.165, 1.54) is 5.01 Å². The van der Waals surface area contributed by atoms with Gasteiger partial charge in [0.1, 0.15) is 0 Å². The third-order valence-corrected chi connectivity index (χ3v) is 1.26. The van der Waals surface area contributed by atoms with Gasteiger partial charge in [-0.05, 0) is 12.8 Å². The van der Waals surface area contributed by atoms with Crippen molar-refractivity contribution in [3.05, 3.63) is 4.91 Å². The summed E-state index contributed by atoms with van der Waals surface area (Å²) in [5.74, 6) is 0. The molecular formula is C6H14N2O3. The van der Waals surface area contributed by atoms with Crippen molar-refractivity contribution in [2.75, 3.05) is 26.3 Å². The first kappa shape index (κ1) is 10.3. The highest BCUT2D eigenvalue weighted by Gasteiger charge is 1.99. The Kier molecular flexibility index (Phi) is 6.97. The summed E-state index contributed by atoms with van der Waals surface area (Å²) in [4.78, 5) is 10.0. The molecule has 0 spiro atoms. The molecule has 0 aromatic heterocycles. The maximum Gasteiger partial charge on any atom is 0.0523 e. The van der Waals surface area contributed by atoms with E-state index in [2.05, 4.69) is 5.29 Å². The van der Waals surface area contributed by atoms with Gasteiger partial charge in [0.2, 0.25) is 0 Å². The van der Waals surface area contributed by atoms with Gasteiger partial charge < -0.3 is 10.2 Å². The number of aliphatic hydroxyl groups excluding tert-OH is 2. The van der Waals surface area contributed by atoms with Gasteiger partial charge >= 0.3 is 0 Å². The van der Waals surface area contributed by atoms with Crippen molar-refractivity contribution in [1.29, 1.82) is 0 Å². The molecule has 0 bridgehead atoms. The number of hydrogen-bond acceptors (Lipinski definition) is 4. The lowest BCUT2D eigenvalue weighted by Crippen LogP contribution is -2.20. The van der Waals surface area contributed by atoms with Gasteiger partial charge in [-0.1, -0.05) is 0 Å². The van der Waals surface area contributed by atoms with E-state index in [-0.39, 0.29) is 13.2 Å². The highest BCUT2D eigenvalue weighted by atomic mass is 16.3. The molecule has 0 unspecified atom stereocenters. The van der Waals surface area contributed by atoms with Crippen LogP contribution in [0.15, 0.2) is 5.29 Å². The Bertz CT molecular complexity index is 91.8. The average molecular weight is 162 g/mol. The zero-order valence-electron chi connectivity index (χ0n) is 6.44. The highest BCUT2D eigenvalue weighted by molar-refractivity contribution is 4.50. The van der Waals surface area contributed by atoms with Gasteiger partial charge in [-0.25, -0.2) is 0 Å². The normalized spacial score (nSPS) is 9.64. The average Bonchev–Trinajstić information content (AvgIpc) is 2.05. The minimum atomic E-state index is 0.0607. The number of nitrogens with zero attached hydrogens (tertiary/aromatic N) is 2. The summed E-state index contributed by atoms with van der Waals surface area (Å²) in [6, 6.07) is 0. The largest absolute Gasteiger partial charge is 0.396 e. The Morgan fingerprint density at radius 3 is 1.82 bits per heavy atom. The van der Waals surface area contributed by atoms with Crippen molar-refractivity contribution in [2.24, 2.45) is 5.29 Å². The van der Waals surface area contributed by atoms with Crippen LogP contribution in [0.1, 0.15) is 12.8 Å². The van der Waals surface area contributed by atoms with E-state index in [4.69, 9.17) is 10.2 Å². The first-order valence-electron chi connectivity index (χ1n) is 3.65. The lowest BCUT2D eigenvalue weighted by atomic mass is 10.4. The quantitative estimate of drug-likeness (QED) is 0.399. The fourth-order valence-electron chi connectivity index (χ4n) is 0.700. The zero-order chi connectivity index (χ0) is 8.53. The maximum atomic E-state index is 10.0. The predicted octanol–water partition coefficient (Wildman–Crippen LogP) is -0.265. The van der Waals surface area contributed by atoms with Crippen molar-refractivity contribution in [3.8, 4) is 0 Å². The molecule has 0 saturated heterocycles. The molecule has 0 aromatic carbocycles. The van der Waals surface area contributed by atoms with E-state index >= 15 is 0 Å². The van der Waals surface area contributed by atoms with Crippen LogP contribution in [-0.2, 0) is 0 Å². The Morgan fingerprint density at radius 1 is 1.09 bits per heavy atom. The van der Waals surface area contributed by atoms with Crippen LogP contribution in [0, 0.1) is 4.91 Å². The second-order valence-electron chi connectivity index (χ2n) is 2.19. The van der Waals surface area contributed by atoms with Gasteiger partial charge in [-0.2, -0.15) is 0 Å². The van der Waals surface area contributed by atoms with Gasteiger partial charge in [-0.15, -0.1) is 4.91 Å². The molecule has 0 radical (unpaired) electrons. The minimum absolute atomic E-state index is 0.0607. The fraction of sp³-hybridized carbons (Fsp3) is 1.00. The molecule has 0 amide bonds. The lowest BCUT2D eigenvalue weighted by molar-refractivity contribution is 0.205. The maximum absolute atomic E-state index is 10.0. The Labute approximate surface area is 65.6 Å². The Hall–Kier alpha value is -0.680. The van der Waals surface area contributed by atoms with E-state index in [1.807, 2.05) is 0 Å². The molecule has 5 nitrogen and oxygen atoms in total. The second kappa shape index (κ2) is 7.43. The summed E-state index contributed by atoms with van der Waals surface area (Å²) in [7, 11) is 0. The smallest absolute Gasteiger partial charge is 0.0523 e. The van der Waals surface area contributed by atoms with Crippen molar-refractivity contribution >= 4 is 0 Å². The van der Waals surface area contributed by atoms with Crippen molar-refractivity contribution in [1.82, 2.24) is 5.01 Å². The van der Waals surface area contributed by atoms with E-state index in [0.717, 1.165) is 0 Å². The van der Waals surface area contributed by atoms with Gasteiger partial charge in [0, 0.05) is 26.3 Å². The van der Waals surface area contributed by atoms with Crippen LogP contribution in [0.4, 0.5) is 0 Å². The second-order valence-corrected chi connectivity index (χ2v) is 2.19. The summed E-state index contributed by atoms with van der Waals surface area (Å²) in [6.45, 7) is 1.04. The zero-order valence-corrected chi connectivity index (χ0v) is 6.44. The molecule has 0 heterocycles. The molecule has 11 heavy (non-hydrogen) atoms. The molecule has 5 heteroatoms. The summed E-state index contributed by atoms with van der Waals surface area (Å²) in [5, 5.41) is 20.9. The van der Waals surface area contributed by atoms with Crippen LogP contribution in [0.25, 0.3) is 0 Å². The van der Waals surface area contributed by atoms with Gasteiger partial charge in [-0.3, -0.25) is 5.01 Å². The third-order valence-electron chi connectivity index (χ3n) is 1.26. The molecule has 0 aliphatic heterocycles. The van der Waals surface area contributed by atoms with E-state index in [9.17, 15) is 4.91 Å². The van der Waals surface area contributed by atoms with E-state index in [1.54, 1.807) is 0 Å². The Morgan fingerprint density at radius 2 is 1.55 bits per heavy atom. The van der Waals surface area contributed by atoms with Gasteiger partial charge in [0.25, 0.3) is 0 Å². The van der Waals surface area contributed by atoms with E-state index < -0.39 is 0 Å². The molecule has 0 aromatic rings. The first-order valence-corrected chi connectivity index (χ1v) is 3.65. The molecular weight excluding hydrogens is 148 g/mol. The fourth-order valence-corrected chi connectivity index (χ4v) is 0.700. The van der Waals surface area contributed by atoms with Crippen LogP contribution >= 0.6 is 0 Å². The van der Waals surface area contributed by atoms with Gasteiger partial charge in [0.15, 0.2) is 0 Å². The number of hydrogen-bond donors (Lipinski definition) is 2. The summed E-state index contributed by atoms with van der Waals surface area (Å²) in [6.07, 6.45) is 1.08. The van der Waals surface area contributed by atoms with Crippen molar-refractivity contribution in [3.63, 3.8) is 0 Å². The monoisotopic (exact) mass is 162 g/mol. The van der Waals surface area contributed by atoms with Crippen LogP contribution in [0.3, 0.4) is 0 Å². The molecule has 0 saturated carbocycles. The number of nitroso groups, excluding NO2 is 1. The van der Waals surface area contributed by atoms with Gasteiger partial charge in [0.05, 0.1) is 5.29 Å². The van der Waals surface area contributed by atoms with Crippen LogP contribution in [0.5, 0.6) is 0 Å². The summed E-state index contributed by atoms with van der Waals surface area (Å²) in [5.41, 5.74) is 0. The molecule has 2 N–H and O–H groups in total. The molecule has 0 rings (SSSR count). The molecule has 0 atom stereocenters.